The van der Waals surface area contributed by atoms with E-state index in [-0.39, 0.29) is 24.3 Å². The zero-order chi connectivity index (χ0) is 22.0. The maximum atomic E-state index is 13.7. The predicted octanol–water partition coefficient (Wildman–Crippen LogP) is 5.05. The number of nitrogens with one attached hydrogen (secondary N) is 2. The maximum absolute atomic E-state index is 13.7. The molecular formula is C25H24FN3O2. The van der Waals surface area contributed by atoms with Gasteiger partial charge >= 0.3 is 6.03 Å². The second-order valence-electron chi connectivity index (χ2n) is 7.83. The van der Waals surface area contributed by atoms with Crippen molar-refractivity contribution in [2.75, 3.05) is 10.2 Å². The highest BCUT2D eigenvalue weighted by molar-refractivity contribution is 6.07. The van der Waals surface area contributed by atoms with E-state index in [0.29, 0.717) is 16.8 Å². The lowest BCUT2D eigenvalue weighted by Crippen LogP contribution is -2.35. The van der Waals surface area contributed by atoms with Gasteiger partial charge in [-0.05, 0) is 67.3 Å². The van der Waals surface area contributed by atoms with Crippen molar-refractivity contribution in [1.29, 1.82) is 0 Å². The van der Waals surface area contributed by atoms with Gasteiger partial charge in [0.25, 0.3) is 5.91 Å². The molecule has 1 aliphatic rings. The van der Waals surface area contributed by atoms with Gasteiger partial charge in [0.15, 0.2) is 0 Å². The first-order chi connectivity index (χ1) is 14.9. The van der Waals surface area contributed by atoms with Crippen LogP contribution < -0.4 is 15.5 Å². The Bertz CT molecular complexity index is 1130. The smallest absolute Gasteiger partial charge is 0.319 e. The number of anilines is 2. The SMILES string of the molecule is Cc1ccc(NC(=O)NCc2ccc3c(c2)N(C(=O)c2ccccc2)[C@@H](C)C3)cc1F. The van der Waals surface area contributed by atoms with Crippen LogP contribution in [0, 0.1) is 12.7 Å². The lowest BCUT2D eigenvalue weighted by Gasteiger charge is -2.23. The Kier molecular flexibility index (Phi) is 5.71. The predicted molar refractivity (Wildman–Crippen MR) is 120 cm³/mol. The fourth-order valence-electron chi connectivity index (χ4n) is 3.82. The summed E-state index contributed by atoms with van der Waals surface area (Å²) in [6.45, 7) is 3.99. The largest absolute Gasteiger partial charge is 0.334 e. The zero-order valence-corrected chi connectivity index (χ0v) is 17.5. The summed E-state index contributed by atoms with van der Waals surface area (Å²) in [6.07, 6.45) is 0.793. The number of halogens is 1. The minimum absolute atomic E-state index is 0.0314. The van der Waals surface area contributed by atoms with E-state index in [1.54, 1.807) is 19.1 Å². The second-order valence-corrected chi connectivity index (χ2v) is 7.83. The highest BCUT2D eigenvalue weighted by Crippen LogP contribution is 2.34. The van der Waals surface area contributed by atoms with Crippen molar-refractivity contribution in [3.8, 4) is 0 Å². The van der Waals surface area contributed by atoms with Gasteiger partial charge in [0.1, 0.15) is 5.82 Å². The summed E-state index contributed by atoms with van der Waals surface area (Å²) in [5.74, 6) is -0.398. The fraction of sp³-hybridized carbons (Fsp3) is 0.200. The Morgan fingerprint density at radius 1 is 1.06 bits per heavy atom. The molecule has 5 nitrogen and oxygen atoms in total. The Morgan fingerprint density at radius 3 is 2.58 bits per heavy atom. The first kappa shape index (κ1) is 20.6. The first-order valence-electron chi connectivity index (χ1n) is 10.2. The van der Waals surface area contributed by atoms with Crippen LogP contribution >= 0.6 is 0 Å². The van der Waals surface area contributed by atoms with Gasteiger partial charge in [-0.2, -0.15) is 0 Å². The molecule has 2 N–H and O–H groups in total. The lowest BCUT2D eigenvalue weighted by molar-refractivity contribution is 0.0981. The van der Waals surface area contributed by atoms with Gasteiger partial charge in [-0.1, -0.05) is 36.4 Å². The standard InChI is InChI=1S/C25H24FN3O2/c1-16-8-11-21(14-22(16)26)28-25(31)27-15-18-9-10-20-12-17(2)29(23(20)13-18)24(30)19-6-4-3-5-7-19/h3-11,13-14,17H,12,15H2,1-2H3,(H2,27,28,31)/t17-/m0/s1. The van der Waals surface area contributed by atoms with Gasteiger partial charge < -0.3 is 15.5 Å². The van der Waals surface area contributed by atoms with Crippen molar-refractivity contribution in [1.82, 2.24) is 5.32 Å². The molecule has 0 aromatic heterocycles. The molecule has 0 saturated heterocycles. The second kappa shape index (κ2) is 8.60. The summed E-state index contributed by atoms with van der Waals surface area (Å²) in [5.41, 5.74) is 4.43. The molecular weight excluding hydrogens is 393 g/mol. The Hall–Kier alpha value is -3.67. The number of carbonyl (C=O) groups is 2. The van der Waals surface area contributed by atoms with E-state index < -0.39 is 6.03 Å². The summed E-state index contributed by atoms with van der Waals surface area (Å²) in [7, 11) is 0. The van der Waals surface area contributed by atoms with E-state index >= 15 is 0 Å². The van der Waals surface area contributed by atoms with E-state index in [0.717, 1.165) is 23.2 Å². The summed E-state index contributed by atoms with van der Waals surface area (Å²) >= 11 is 0. The van der Waals surface area contributed by atoms with Crippen LogP contribution in [0.15, 0.2) is 66.7 Å². The Balaban J connectivity index is 1.45. The number of nitrogens with zero attached hydrogens (tertiary/aromatic N) is 1. The van der Waals surface area contributed by atoms with Gasteiger partial charge in [-0.25, -0.2) is 9.18 Å². The number of hydrogen-bond acceptors (Lipinski definition) is 2. The number of carbonyl (C=O) groups excluding carboxylic acids is 2. The number of amides is 3. The van der Waals surface area contributed by atoms with Crippen LogP contribution in [-0.4, -0.2) is 18.0 Å². The molecule has 4 rings (SSSR count). The van der Waals surface area contributed by atoms with Crippen LogP contribution in [0.1, 0.15) is 34.0 Å². The number of urea groups is 1. The third-order valence-corrected chi connectivity index (χ3v) is 5.49. The van der Waals surface area contributed by atoms with E-state index in [9.17, 15) is 14.0 Å². The van der Waals surface area contributed by atoms with Crippen LogP contribution in [0.2, 0.25) is 0 Å². The van der Waals surface area contributed by atoms with Gasteiger partial charge in [-0.3, -0.25) is 4.79 Å². The van der Waals surface area contributed by atoms with E-state index in [4.69, 9.17) is 0 Å². The Morgan fingerprint density at radius 2 is 1.84 bits per heavy atom. The topological polar surface area (TPSA) is 61.4 Å². The molecule has 3 aromatic rings. The van der Waals surface area contributed by atoms with Gasteiger partial charge in [0.05, 0.1) is 0 Å². The quantitative estimate of drug-likeness (QED) is 0.624. The average molecular weight is 417 g/mol. The molecule has 0 unspecified atom stereocenters. The van der Waals surface area contributed by atoms with Crippen LogP contribution in [0.4, 0.5) is 20.6 Å². The van der Waals surface area contributed by atoms with E-state index in [1.807, 2.05) is 60.4 Å². The number of hydrogen-bond donors (Lipinski definition) is 2. The number of benzene rings is 3. The third kappa shape index (κ3) is 4.43. The number of fused-ring (bicyclic) bond motifs is 1. The molecule has 31 heavy (non-hydrogen) atoms. The van der Waals surface area contributed by atoms with Crippen molar-refractivity contribution < 1.29 is 14.0 Å². The molecule has 3 amide bonds. The van der Waals surface area contributed by atoms with Crippen molar-refractivity contribution in [3.63, 3.8) is 0 Å². The molecule has 0 aliphatic carbocycles. The van der Waals surface area contributed by atoms with Gasteiger partial charge in [-0.15, -0.1) is 0 Å². The molecule has 1 heterocycles. The summed E-state index contributed by atoms with van der Waals surface area (Å²) in [5, 5.41) is 5.42. The molecule has 0 spiro atoms. The highest BCUT2D eigenvalue weighted by Gasteiger charge is 2.31. The molecule has 1 aliphatic heterocycles. The van der Waals surface area contributed by atoms with Crippen LogP contribution in [0.3, 0.4) is 0 Å². The summed E-state index contributed by atoms with van der Waals surface area (Å²) in [6, 6.07) is 19.3. The molecule has 0 fully saturated rings. The minimum atomic E-state index is -0.422. The fourth-order valence-corrected chi connectivity index (χ4v) is 3.82. The van der Waals surface area contributed by atoms with Crippen LogP contribution in [0.5, 0.6) is 0 Å². The third-order valence-electron chi connectivity index (χ3n) is 5.49. The minimum Gasteiger partial charge on any atom is -0.334 e. The number of rotatable bonds is 4. The monoisotopic (exact) mass is 417 g/mol. The molecule has 1 atom stereocenters. The first-order valence-corrected chi connectivity index (χ1v) is 10.2. The van der Waals surface area contributed by atoms with Crippen LogP contribution in [-0.2, 0) is 13.0 Å². The van der Waals surface area contributed by atoms with Crippen molar-refractivity contribution in [2.45, 2.75) is 32.9 Å². The van der Waals surface area contributed by atoms with E-state index in [2.05, 4.69) is 10.6 Å². The van der Waals surface area contributed by atoms with Crippen molar-refractivity contribution in [2.24, 2.45) is 0 Å². The van der Waals surface area contributed by atoms with Gasteiger partial charge in [0.2, 0.25) is 0 Å². The zero-order valence-electron chi connectivity index (χ0n) is 17.5. The summed E-state index contributed by atoms with van der Waals surface area (Å²) < 4.78 is 13.7. The van der Waals surface area contributed by atoms with Crippen molar-refractivity contribution >= 4 is 23.3 Å². The Labute approximate surface area is 180 Å². The lowest BCUT2D eigenvalue weighted by atomic mass is 10.1. The van der Waals surface area contributed by atoms with Gasteiger partial charge in [0, 0.05) is 29.5 Å². The highest BCUT2D eigenvalue weighted by atomic mass is 19.1. The van der Waals surface area contributed by atoms with Crippen LogP contribution in [0.25, 0.3) is 0 Å². The molecule has 6 heteroatoms. The molecule has 0 saturated carbocycles. The molecule has 0 bridgehead atoms. The molecule has 0 radical (unpaired) electrons. The maximum Gasteiger partial charge on any atom is 0.319 e. The normalized spacial score (nSPS) is 14.8. The molecule has 3 aromatic carbocycles. The summed E-state index contributed by atoms with van der Waals surface area (Å²) in [4.78, 5) is 27.1. The van der Waals surface area contributed by atoms with E-state index in [1.165, 1.54) is 6.07 Å². The van der Waals surface area contributed by atoms with Crippen molar-refractivity contribution in [3.05, 3.63) is 94.8 Å². The average Bonchev–Trinajstić information content (AvgIpc) is 3.10. The molecule has 158 valence electrons. The number of aryl methyl sites for hydroxylation is 1.